The highest BCUT2D eigenvalue weighted by molar-refractivity contribution is 6.04. The minimum Gasteiger partial charge on any atom is -0.497 e. The van der Waals surface area contributed by atoms with Crippen LogP contribution in [0.15, 0.2) is 79.9 Å². The summed E-state index contributed by atoms with van der Waals surface area (Å²) in [5, 5.41) is 12.3. The van der Waals surface area contributed by atoms with Crippen molar-refractivity contribution in [1.82, 2.24) is 10.2 Å². The van der Waals surface area contributed by atoms with Crippen LogP contribution in [0.5, 0.6) is 5.75 Å². The van der Waals surface area contributed by atoms with Crippen LogP contribution in [0.2, 0.25) is 0 Å². The molecule has 2 bridgehead atoms. The quantitative estimate of drug-likeness (QED) is 0.108. The number of amides is 3. The van der Waals surface area contributed by atoms with Gasteiger partial charge in [0.1, 0.15) is 23.5 Å². The SMILES string of the molecule is C=CCCC(=O)N[C@@H](COC)[C@@H](OC(=O)[C@@H]1[C@@H]2CC[C@]3(O2)[C@H](C(=O)N(CC=C)c2ccc(OC)cc2)N(CCCCCCO)C(=O)[C@@H]13)c1ccccc1. The van der Waals surface area contributed by atoms with E-state index in [1.54, 1.807) is 53.3 Å². The molecule has 53 heavy (non-hydrogen) atoms. The van der Waals surface area contributed by atoms with E-state index < -0.39 is 47.7 Å². The van der Waals surface area contributed by atoms with Crippen molar-refractivity contribution in [3.63, 3.8) is 0 Å². The van der Waals surface area contributed by atoms with E-state index in [-0.39, 0.29) is 43.9 Å². The van der Waals surface area contributed by atoms with Gasteiger partial charge < -0.3 is 39.2 Å². The Morgan fingerprint density at radius 1 is 1.06 bits per heavy atom. The molecule has 0 radical (unpaired) electrons. The number of fused-ring (bicyclic) bond motifs is 1. The monoisotopic (exact) mass is 731 g/mol. The van der Waals surface area contributed by atoms with Gasteiger partial charge in [0.2, 0.25) is 11.8 Å². The average molecular weight is 732 g/mol. The van der Waals surface area contributed by atoms with E-state index >= 15 is 0 Å². The highest BCUT2D eigenvalue weighted by Crippen LogP contribution is 2.59. The number of aliphatic hydroxyl groups excluding tert-OH is 1. The third-order valence-corrected chi connectivity index (χ3v) is 10.6. The third-order valence-electron chi connectivity index (χ3n) is 10.6. The fourth-order valence-corrected chi connectivity index (χ4v) is 8.18. The van der Waals surface area contributed by atoms with Crippen LogP contribution in [0.3, 0.4) is 0 Å². The van der Waals surface area contributed by atoms with Crippen LogP contribution < -0.4 is 15.0 Å². The average Bonchev–Trinajstić information content (AvgIpc) is 3.82. The highest BCUT2D eigenvalue weighted by Gasteiger charge is 2.75. The van der Waals surface area contributed by atoms with Gasteiger partial charge in [-0.1, -0.05) is 55.3 Å². The third kappa shape index (κ3) is 8.50. The summed E-state index contributed by atoms with van der Waals surface area (Å²) in [5.74, 6) is -2.78. The van der Waals surface area contributed by atoms with Crippen LogP contribution in [-0.2, 0) is 33.4 Å². The summed E-state index contributed by atoms with van der Waals surface area (Å²) in [6, 6.07) is 14.5. The number of rotatable bonds is 21. The molecule has 3 saturated heterocycles. The van der Waals surface area contributed by atoms with Gasteiger partial charge in [-0.05, 0) is 61.9 Å². The van der Waals surface area contributed by atoms with Gasteiger partial charge in [-0.3, -0.25) is 19.2 Å². The second-order valence-electron chi connectivity index (χ2n) is 13.9. The smallest absolute Gasteiger partial charge is 0.313 e. The minimum absolute atomic E-state index is 0.0642. The maximum Gasteiger partial charge on any atom is 0.313 e. The standard InChI is InChI=1S/C41H53N3O9/c1-5-7-17-33(46)42-31(27-50-3)36(28-15-11-10-12-16-28)52-40(49)34-32-22-23-41(53-32)35(34)38(47)44(25-13-8-9-14-26-45)37(41)39(48)43(24-6-2)29-18-20-30(51-4)21-19-29/h5-6,10-12,15-16,18-21,31-32,34-37,45H,1-2,7-9,13-14,17,22-27H2,3-4H3,(H,42,46)/t31-,32-,34+,35+,36-,37-,41+/m0/s1. The van der Waals surface area contributed by atoms with Gasteiger partial charge in [0.05, 0.1) is 37.7 Å². The number of aliphatic hydroxyl groups is 1. The lowest BCUT2D eigenvalue weighted by Crippen LogP contribution is -2.56. The molecule has 2 aromatic rings. The normalized spacial score (nSPS) is 23.9. The van der Waals surface area contributed by atoms with Crippen LogP contribution in [0.25, 0.3) is 0 Å². The van der Waals surface area contributed by atoms with Crippen LogP contribution in [0.1, 0.15) is 63.0 Å². The van der Waals surface area contributed by atoms with E-state index in [0.29, 0.717) is 55.6 Å². The molecule has 3 fully saturated rings. The van der Waals surface area contributed by atoms with Gasteiger partial charge >= 0.3 is 5.97 Å². The Kier molecular flexibility index (Phi) is 13.8. The van der Waals surface area contributed by atoms with Crippen molar-refractivity contribution in [2.75, 3.05) is 45.4 Å². The van der Waals surface area contributed by atoms with Crippen LogP contribution in [0.4, 0.5) is 5.69 Å². The molecule has 0 aromatic heterocycles. The zero-order valence-electron chi connectivity index (χ0n) is 30.8. The molecule has 0 aliphatic carbocycles. The number of likely N-dealkylation sites (tertiary alicyclic amines) is 1. The van der Waals surface area contributed by atoms with Crippen LogP contribution in [0, 0.1) is 11.8 Å². The summed E-state index contributed by atoms with van der Waals surface area (Å²) in [7, 11) is 3.08. The Morgan fingerprint density at radius 3 is 2.45 bits per heavy atom. The Bertz CT molecular complexity index is 1580. The Labute approximate surface area is 312 Å². The largest absolute Gasteiger partial charge is 0.497 e. The molecule has 5 rings (SSSR count). The fourth-order valence-electron chi connectivity index (χ4n) is 8.18. The van der Waals surface area contributed by atoms with E-state index in [2.05, 4.69) is 18.5 Å². The van der Waals surface area contributed by atoms with E-state index in [9.17, 15) is 24.3 Å². The van der Waals surface area contributed by atoms with Gasteiger partial charge in [0.25, 0.3) is 5.91 Å². The first-order chi connectivity index (χ1) is 25.7. The van der Waals surface area contributed by atoms with E-state index in [4.69, 9.17) is 18.9 Å². The fraction of sp³-hybridized carbons (Fsp3) is 0.512. The van der Waals surface area contributed by atoms with Crippen LogP contribution in [-0.4, -0.2) is 98.0 Å². The van der Waals surface area contributed by atoms with E-state index in [0.717, 1.165) is 12.8 Å². The number of carbonyl (C=O) groups excluding carboxylic acids is 4. The number of benzene rings is 2. The Hall–Kier alpha value is -4.52. The number of methoxy groups -OCH3 is 2. The number of allylic oxidation sites excluding steroid dienone is 1. The summed E-state index contributed by atoms with van der Waals surface area (Å²) in [6.07, 6.45) is 6.11. The van der Waals surface area contributed by atoms with Gasteiger partial charge in [0.15, 0.2) is 0 Å². The summed E-state index contributed by atoms with van der Waals surface area (Å²) in [6.45, 7) is 8.21. The number of esters is 1. The molecular weight excluding hydrogens is 678 g/mol. The lowest BCUT2D eigenvalue weighted by atomic mass is 9.70. The first kappa shape index (κ1) is 39.7. The predicted octanol–water partition coefficient (Wildman–Crippen LogP) is 4.52. The maximum absolute atomic E-state index is 14.8. The number of unbranched alkanes of at least 4 members (excludes halogenated alkanes) is 3. The van der Waals surface area contributed by atoms with Crippen LogP contribution >= 0.6 is 0 Å². The van der Waals surface area contributed by atoms with Crippen molar-refractivity contribution in [2.45, 2.75) is 81.3 Å². The van der Waals surface area contributed by atoms with Crippen molar-refractivity contribution < 1.29 is 43.2 Å². The zero-order chi connectivity index (χ0) is 38.0. The molecule has 3 heterocycles. The van der Waals surface area contributed by atoms with Crippen molar-refractivity contribution in [1.29, 1.82) is 0 Å². The number of anilines is 1. The number of nitrogens with zero attached hydrogens (tertiary/aromatic N) is 2. The minimum atomic E-state index is -1.24. The predicted molar refractivity (Wildman–Crippen MR) is 199 cm³/mol. The maximum atomic E-state index is 14.8. The first-order valence-corrected chi connectivity index (χ1v) is 18.5. The molecule has 3 amide bonds. The lowest BCUT2D eigenvalue weighted by molar-refractivity contribution is -0.163. The number of carbonyl (C=O) groups is 4. The molecule has 2 aromatic carbocycles. The molecule has 1 spiro atoms. The van der Waals surface area contributed by atoms with Crippen molar-refractivity contribution in [2.24, 2.45) is 11.8 Å². The molecule has 3 aliphatic rings. The molecule has 7 atom stereocenters. The number of ether oxygens (including phenoxy) is 4. The van der Waals surface area contributed by atoms with E-state index in [1.165, 1.54) is 7.11 Å². The van der Waals surface area contributed by atoms with Crippen molar-refractivity contribution in [3.05, 3.63) is 85.5 Å². The van der Waals surface area contributed by atoms with Gasteiger partial charge in [0, 0.05) is 38.9 Å². The highest BCUT2D eigenvalue weighted by atomic mass is 16.6. The van der Waals surface area contributed by atoms with Gasteiger partial charge in [-0.15, -0.1) is 13.2 Å². The topological polar surface area (TPSA) is 144 Å². The second kappa shape index (κ2) is 18.5. The summed E-state index contributed by atoms with van der Waals surface area (Å²) < 4.78 is 23.9. The Balaban J connectivity index is 1.48. The van der Waals surface area contributed by atoms with E-state index in [1.807, 2.05) is 30.3 Å². The van der Waals surface area contributed by atoms with Crippen molar-refractivity contribution >= 4 is 29.4 Å². The molecule has 12 heteroatoms. The second-order valence-corrected chi connectivity index (χ2v) is 13.9. The Morgan fingerprint density at radius 2 is 1.79 bits per heavy atom. The molecule has 12 nitrogen and oxygen atoms in total. The molecular formula is C41H53N3O9. The van der Waals surface area contributed by atoms with Gasteiger partial charge in [-0.2, -0.15) is 0 Å². The number of hydrogen-bond acceptors (Lipinski definition) is 9. The number of nitrogens with one attached hydrogen (secondary N) is 1. The molecule has 0 unspecified atom stereocenters. The zero-order valence-corrected chi connectivity index (χ0v) is 30.8. The summed E-state index contributed by atoms with van der Waals surface area (Å²) in [5.41, 5.74) is 0.0204. The summed E-state index contributed by atoms with van der Waals surface area (Å²) >= 11 is 0. The van der Waals surface area contributed by atoms with Crippen molar-refractivity contribution in [3.8, 4) is 5.75 Å². The molecule has 0 saturated carbocycles. The number of hydrogen-bond donors (Lipinski definition) is 2. The first-order valence-electron chi connectivity index (χ1n) is 18.5. The lowest BCUT2D eigenvalue weighted by Gasteiger charge is -2.37. The molecule has 2 N–H and O–H groups in total. The summed E-state index contributed by atoms with van der Waals surface area (Å²) in [4.78, 5) is 60.1. The molecule has 3 aliphatic heterocycles. The van der Waals surface area contributed by atoms with Gasteiger partial charge in [-0.25, -0.2) is 0 Å². The molecule has 286 valence electrons.